The Hall–Kier alpha value is -2.15. The molecular formula is C15H19NO6. The number of carboxylic acid groups (broad SMARTS) is 1. The van der Waals surface area contributed by atoms with Crippen LogP contribution in [0.5, 0.6) is 5.75 Å². The predicted molar refractivity (Wildman–Crippen MR) is 78.1 cm³/mol. The van der Waals surface area contributed by atoms with Crippen molar-refractivity contribution in [2.24, 2.45) is 0 Å². The topological polar surface area (TPSA) is 98.9 Å². The summed E-state index contributed by atoms with van der Waals surface area (Å²) < 4.78 is 11.2. The summed E-state index contributed by atoms with van der Waals surface area (Å²) >= 11 is 0. The molecule has 0 aromatic heterocycles. The lowest BCUT2D eigenvalue weighted by molar-refractivity contribution is -0.386. The molecule has 2 rings (SSSR count). The molecule has 1 N–H and O–H groups in total. The molecule has 1 aliphatic rings. The molecule has 0 aliphatic heterocycles. The molecule has 1 atom stereocenters. The van der Waals surface area contributed by atoms with Crippen molar-refractivity contribution < 1.29 is 24.3 Å². The molecule has 0 amide bonds. The molecule has 120 valence electrons. The van der Waals surface area contributed by atoms with Gasteiger partial charge in [-0.3, -0.25) is 10.1 Å². The molecule has 0 spiro atoms. The summed E-state index contributed by atoms with van der Waals surface area (Å²) in [6.07, 6.45) is 4.71. The summed E-state index contributed by atoms with van der Waals surface area (Å²) in [5, 5.41) is 20.0. The Bertz CT molecular complexity index is 553. The van der Waals surface area contributed by atoms with Crippen molar-refractivity contribution in [2.45, 2.75) is 51.4 Å². The van der Waals surface area contributed by atoms with E-state index in [4.69, 9.17) is 14.6 Å². The minimum absolute atomic E-state index is 0.0644. The van der Waals surface area contributed by atoms with Gasteiger partial charge in [0.2, 0.25) is 5.75 Å². The fourth-order valence-electron chi connectivity index (χ4n) is 2.57. The van der Waals surface area contributed by atoms with Gasteiger partial charge in [0.25, 0.3) is 0 Å². The third kappa shape index (κ3) is 4.17. The highest BCUT2D eigenvalue weighted by molar-refractivity contribution is 5.88. The average Bonchev–Trinajstić information content (AvgIpc) is 2.47. The molecule has 0 bridgehead atoms. The molecule has 22 heavy (non-hydrogen) atoms. The van der Waals surface area contributed by atoms with Crippen molar-refractivity contribution in [1.82, 2.24) is 0 Å². The van der Waals surface area contributed by atoms with E-state index in [1.807, 2.05) is 0 Å². The van der Waals surface area contributed by atoms with Crippen LogP contribution in [-0.4, -0.2) is 28.4 Å². The largest absolute Gasteiger partial charge is 0.478 e. The SMILES string of the molecule is CC(Oc1cc(C(=O)O)ccc1[N+](=O)[O-])OC1CCCCC1. The van der Waals surface area contributed by atoms with Crippen molar-refractivity contribution in [3.05, 3.63) is 33.9 Å². The van der Waals surface area contributed by atoms with Crippen molar-refractivity contribution in [2.75, 3.05) is 0 Å². The minimum Gasteiger partial charge on any atom is -0.478 e. The smallest absolute Gasteiger partial charge is 0.335 e. The second kappa shape index (κ2) is 7.22. The molecule has 0 saturated heterocycles. The summed E-state index contributed by atoms with van der Waals surface area (Å²) in [6.45, 7) is 1.66. The van der Waals surface area contributed by atoms with Gasteiger partial charge in [-0.1, -0.05) is 19.3 Å². The van der Waals surface area contributed by atoms with Crippen LogP contribution in [0.2, 0.25) is 0 Å². The Labute approximate surface area is 128 Å². The molecule has 1 fully saturated rings. The third-order valence-corrected chi connectivity index (χ3v) is 3.63. The van der Waals surface area contributed by atoms with Crippen LogP contribution in [0.1, 0.15) is 49.4 Å². The molecule has 0 heterocycles. The van der Waals surface area contributed by atoms with E-state index in [1.54, 1.807) is 6.92 Å². The number of nitrogens with zero attached hydrogens (tertiary/aromatic N) is 1. The van der Waals surface area contributed by atoms with Gasteiger partial charge in [-0.15, -0.1) is 0 Å². The van der Waals surface area contributed by atoms with Crippen LogP contribution in [-0.2, 0) is 4.74 Å². The summed E-state index contributed by atoms with van der Waals surface area (Å²) in [6, 6.07) is 3.47. The number of carboxylic acids is 1. The summed E-state index contributed by atoms with van der Waals surface area (Å²) in [5.74, 6) is -1.26. The zero-order valence-electron chi connectivity index (χ0n) is 12.4. The fourth-order valence-corrected chi connectivity index (χ4v) is 2.57. The van der Waals surface area contributed by atoms with E-state index in [9.17, 15) is 14.9 Å². The fraction of sp³-hybridized carbons (Fsp3) is 0.533. The van der Waals surface area contributed by atoms with E-state index >= 15 is 0 Å². The molecule has 1 aromatic carbocycles. The Morgan fingerprint density at radius 1 is 1.36 bits per heavy atom. The first-order valence-corrected chi connectivity index (χ1v) is 7.31. The number of ether oxygens (including phenoxy) is 2. The zero-order valence-corrected chi connectivity index (χ0v) is 12.4. The highest BCUT2D eigenvalue weighted by Gasteiger charge is 2.22. The van der Waals surface area contributed by atoms with Crippen LogP contribution in [0.3, 0.4) is 0 Å². The Balaban J connectivity index is 2.10. The molecule has 7 nitrogen and oxygen atoms in total. The third-order valence-electron chi connectivity index (χ3n) is 3.63. The van der Waals surface area contributed by atoms with Gasteiger partial charge in [-0.25, -0.2) is 4.79 Å². The van der Waals surface area contributed by atoms with E-state index < -0.39 is 17.2 Å². The van der Waals surface area contributed by atoms with E-state index in [2.05, 4.69) is 0 Å². The summed E-state index contributed by atoms with van der Waals surface area (Å²) in [7, 11) is 0. The van der Waals surface area contributed by atoms with E-state index in [-0.39, 0.29) is 23.1 Å². The lowest BCUT2D eigenvalue weighted by Gasteiger charge is -2.25. The van der Waals surface area contributed by atoms with Gasteiger partial charge < -0.3 is 14.6 Å². The summed E-state index contributed by atoms with van der Waals surface area (Å²) in [4.78, 5) is 21.4. The first-order valence-electron chi connectivity index (χ1n) is 7.31. The van der Waals surface area contributed by atoms with Crippen LogP contribution in [0.4, 0.5) is 5.69 Å². The summed E-state index contributed by atoms with van der Waals surface area (Å²) in [5.41, 5.74) is -0.338. The van der Waals surface area contributed by atoms with Crippen LogP contribution < -0.4 is 4.74 Å². The highest BCUT2D eigenvalue weighted by Crippen LogP contribution is 2.30. The van der Waals surface area contributed by atoms with Crippen molar-refractivity contribution in [3.63, 3.8) is 0 Å². The van der Waals surface area contributed by atoms with Gasteiger partial charge >= 0.3 is 11.7 Å². The number of hydrogen-bond donors (Lipinski definition) is 1. The highest BCUT2D eigenvalue weighted by atomic mass is 16.7. The van der Waals surface area contributed by atoms with Crippen LogP contribution >= 0.6 is 0 Å². The number of benzene rings is 1. The normalized spacial score (nSPS) is 17.0. The van der Waals surface area contributed by atoms with Crippen molar-refractivity contribution >= 4 is 11.7 Å². The maximum Gasteiger partial charge on any atom is 0.335 e. The van der Waals surface area contributed by atoms with Gasteiger partial charge in [0.1, 0.15) is 0 Å². The van der Waals surface area contributed by atoms with Gasteiger partial charge in [0.15, 0.2) is 6.29 Å². The predicted octanol–water partition coefficient (Wildman–Crippen LogP) is 3.37. The number of nitro groups is 1. The van der Waals surface area contributed by atoms with Gasteiger partial charge in [-0.05, 0) is 25.8 Å². The molecule has 1 unspecified atom stereocenters. The molecule has 1 aromatic rings. The minimum atomic E-state index is -1.17. The molecule has 1 saturated carbocycles. The zero-order chi connectivity index (χ0) is 16.1. The number of nitro benzene ring substituents is 1. The van der Waals surface area contributed by atoms with Crippen molar-refractivity contribution in [3.8, 4) is 5.75 Å². The first-order chi connectivity index (χ1) is 10.5. The average molecular weight is 309 g/mol. The Morgan fingerprint density at radius 3 is 2.64 bits per heavy atom. The van der Waals surface area contributed by atoms with Gasteiger partial charge in [0.05, 0.1) is 16.6 Å². The molecule has 0 radical (unpaired) electrons. The lowest BCUT2D eigenvalue weighted by atomic mass is 9.98. The number of rotatable bonds is 6. The number of carbonyl (C=O) groups is 1. The number of hydrogen-bond acceptors (Lipinski definition) is 5. The van der Waals surface area contributed by atoms with Crippen molar-refractivity contribution in [1.29, 1.82) is 0 Å². The Kier molecular flexibility index (Phi) is 5.32. The van der Waals surface area contributed by atoms with E-state index in [0.29, 0.717) is 0 Å². The van der Waals surface area contributed by atoms with E-state index in [0.717, 1.165) is 37.8 Å². The van der Waals surface area contributed by atoms with Crippen LogP contribution in [0.25, 0.3) is 0 Å². The molecule has 7 heteroatoms. The second-order valence-electron chi connectivity index (χ2n) is 5.33. The van der Waals surface area contributed by atoms with Gasteiger partial charge in [-0.2, -0.15) is 0 Å². The van der Waals surface area contributed by atoms with Crippen LogP contribution in [0, 0.1) is 10.1 Å². The quantitative estimate of drug-likeness (QED) is 0.491. The van der Waals surface area contributed by atoms with Crippen LogP contribution in [0.15, 0.2) is 18.2 Å². The second-order valence-corrected chi connectivity index (χ2v) is 5.33. The molecule has 1 aliphatic carbocycles. The number of aromatic carboxylic acids is 1. The maximum absolute atomic E-state index is 11.0. The van der Waals surface area contributed by atoms with Gasteiger partial charge in [0, 0.05) is 12.1 Å². The first kappa shape index (κ1) is 16.2. The Morgan fingerprint density at radius 2 is 2.05 bits per heavy atom. The monoisotopic (exact) mass is 309 g/mol. The lowest BCUT2D eigenvalue weighted by Crippen LogP contribution is -2.26. The maximum atomic E-state index is 11.0. The standard InChI is InChI=1S/C15H19NO6/c1-10(21-12-5-3-2-4-6-12)22-14-9-11(15(17)18)7-8-13(14)16(19)20/h7-10,12H,2-6H2,1H3,(H,17,18). The molecular weight excluding hydrogens is 290 g/mol. The van der Waals surface area contributed by atoms with E-state index in [1.165, 1.54) is 12.5 Å².